The third-order valence-electron chi connectivity index (χ3n) is 4.78. The fraction of sp³-hybridized carbons (Fsp3) is 0.143. The minimum atomic E-state index is -0.0745. The first-order valence-electron chi connectivity index (χ1n) is 8.80. The Hall–Kier alpha value is -3.54. The second-order valence-electron chi connectivity index (χ2n) is 6.46. The summed E-state index contributed by atoms with van der Waals surface area (Å²) in [4.78, 5) is 19.0. The van der Waals surface area contributed by atoms with Crippen LogP contribution in [0.3, 0.4) is 0 Å². The third kappa shape index (κ3) is 2.85. The number of pyridine rings is 1. The molecule has 2 aliphatic rings. The molecule has 0 bridgehead atoms. The van der Waals surface area contributed by atoms with Crippen molar-refractivity contribution < 1.29 is 14.3 Å². The van der Waals surface area contributed by atoms with Crippen LogP contribution in [0.25, 0.3) is 0 Å². The minimum Gasteiger partial charge on any atom is -0.454 e. The smallest absolute Gasteiger partial charge is 0.276 e. The maximum absolute atomic E-state index is 12.8. The largest absolute Gasteiger partial charge is 0.454 e. The maximum atomic E-state index is 12.8. The van der Waals surface area contributed by atoms with Crippen LogP contribution in [0, 0.1) is 0 Å². The second kappa shape index (κ2) is 6.32. The molecule has 0 radical (unpaired) electrons. The molecule has 6 heteroatoms. The summed E-state index contributed by atoms with van der Waals surface area (Å²) in [7, 11) is 0. The third-order valence-corrected chi connectivity index (χ3v) is 4.78. The SMILES string of the molecule is O=C(c1ccc(Nc2ccc3c(c2)OCO3)cn1)N1CCc2ccccc21. The van der Waals surface area contributed by atoms with Gasteiger partial charge in [-0.25, -0.2) is 4.98 Å². The molecule has 134 valence electrons. The molecule has 3 heterocycles. The standard InChI is InChI=1S/C21H17N3O3/c25-21(24-10-9-14-3-1-2-4-18(14)24)17-7-5-16(12-22-17)23-15-6-8-19-20(11-15)27-13-26-19/h1-8,11-12,23H,9-10,13H2. The van der Waals surface area contributed by atoms with Crippen molar-refractivity contribution in [1.29, 1.82) is 0 Å². The molecule has 0 saturated heterocycles. The summed E-state index contributed by atoms with van der Waals surface area (Å²) < 4.78 is 10.7. The van der Waals surface area contributed by atoms with Gasteiger partial charge in [0.05, 0.1) is 11.9 Å². The van der Waals surface area contributed by atoms with Crippen molar-refractivity contribution in [1.82, 2.24) is 4.98 Å². The summed E-state index contributed by atoms with van der Waals surface area (Å²) >= 11 is 0. The zero-order valence-corrected chi connectivity index (χ0v) is 14.5. The Morgan fingerprint density at radius 2 is 1.85 bits per heavy atom. The Balaban J connectivity index is 1.32. The van der Waals surface area contributed by atoms with Gasteiger partial charge >= 0.3 is 0 Å². The summed E-state index contributed by atoms with van der Waals surface area (Å²) in [5.41, 5.74) is 4.28. The Labute approximate surface area is 156 Å². The molecule has 0 saturated carbocycles. The highest BCUT2D eigenvalue weighted by atomic mass is 16.7. The number of carbonyl (C=O) groups is 1. The van der Waals surface area contributed by atoms with Gasteiger partial charge < -0.3 is 19.7 Å². The molecular formula is C21H17N3O3. The number of para-hydroxylation sites is 1. The van der Waals surface area contributed by atoms with Gasteiger partial charge in [0.15, 0.2) is 11.5 Å². The number of hydrogen-bond acceptors (Lipinski definition) is 5. The average molecular weight is 359 g/mol. The second-order valence-corrected chi connectivity index (χ2v) is 6.46. The van der Waals surface area contributed by atoms with Crippen LogP contribution in [0.4, 0.5) is 17.1 Å². The van der Waals surface area contributed by atoms with E-state index in [1.54, 1.807) is 17.2 Å². The molecule has 1 aromatic heterocycles. The van der Waals surface area contributed by atoms with Crippen LogP contribution in [-0.4, -0.2) is 24.2 Å². The van der Waals surface area contributed by atoms with Gasteiger partial charge in [-0.1, -0.05) is 18.2 Å². The fourth-order valence-electron chi connectivity index (χ4n) is 3.42. The van der Waals surface area contributed by atoms with Crippen LogP contribution in [-0.2, 0) is 6.42 Å². The highest BCUT2D eigenvalue weighted by molar-refractivity contribution is 6.06. The number of hydrogen-bond donors (Lipinski definition) is 1. The predicted molar refractivity (Wildman–Crippen MR) is 102 cm³/mol. The van der Waals surface area contributed by atoms with E-state index < -0.39 is 0 Å². The highest BCUT2D eigenvalue weighted by Gasteiger charge is 2.25. The Bertz CT molecular complexity index is 1020. The normalized spacial score (nSPS) is 14.1. The minimum absolute atomic E-state index is 0.0745. The number of amides is 1. The van der Waals surface area contributed by atoms with Gasteiger partial charge in [0, 0.05) is 24.0 Å². The van der Waals surface area contributed by atoms with Crippen molar-refractivity contribution in [2.75, 3.05) is 23.6 Å². The van der Waals surface area contributed by atoms with Gasteiger partial charge in [0.1, 0.15) is 5.69 Å². The van der Waals surface area contributed by atoms with Gasteiger partial charge in [-0.2, -0.15) is 0 Å². The van der Waals surface area contributed by atoms with Crippen molar-refractivity contribution in [2.24, 2.45) is 0 Å². The zero-order chi connectivity index (χ0) is 18.2. The molecule has 1 amide bonds. The average Bonchev–Trinajstić information content (AvgIpc) is 3.34. The van der Waals surface area contributed by atoms with Crippen molar-refractivity contribution in [3.8, 4) is 11.5 Å². The first kappa shape index (κ1) is 15.7. The zero-order valence-electron chi connectivity index (χ0n) is 14.5. The van der Waals surface area contributed by atoms with Crippen LogP contribution in [0.15, 0.2) is 60.8 Å². The number of ether oxygens (including phenoxy) is 2. The van der Waals surface area contributed by atoms with Gasteiger partial charge in [-0.05, 0) is 42.3 Å². The Kier molecular flexibility index (Phi) is 3.67. The molecule has 0 spiro atoms. The summed E-state index contributed by atoms with van der Waals surface area (Å²) in [5.74, 6) is 1.38. The number of benzene rings is 2. The number of nitrogens with one attached hydrogen (secondary N) is 1. The molecule has 0 atom stereocenters. The van der Waals surface area contributed by atoms with Gasteiger partial charge in [-0.3, -0.25) is 4.79 Å². The van der Waals surface area contributed by atoms with Gasteiger partial charge in [0.25, 0.3) is 5.91 Å². The molecule has 5 rings (SSSR count). The number of carbonyl (C=O) groups excluding carboxylic acids is 1. The maximum Gasteiger partial charge on any atom is 0.276 e. The highest BCUT2D eigenvalue weighted by Crippen LogP contribution is 2.35. The lowest BCUT2D eigenvalue weighted by atomic mass is 10.2. The topological polar surface area (TPSA) is 63.7 Å². The van der Waals surface area contributed by atoms with Crippen LogP contribution in [0.2, 0.25) is 0 Å². The molecule has 2 aromatic carbocycles. The van der Waals surface area contributed by atoms with E-state index in [2.05, 4.69) is 16.4 Å². The van der Waals surface area contributed by atoms with E-state index in [1.807, 2.05) is 42.5 Å². The molecule has 0 fully saturated rings. The van der Waals surface area contributed by atoms with E-state index in [1.165, 1.54) is 5.56 Å². The van der Waals surface area contributed by atoms with Gasteiger partial charge in [-0.15, -0.1) is 0 Å². The Morgan fingerprint density at radius 3 is 2.74 bits per heavy atom. The van der Waals surface area contributed by atoms with E-state index in [4.69, 9.17) is 9.47 Å². The molecule has 0 aliphatic carbocycles. The molecule has 2 aliphatic heterocycles. The van der Waals surface area contributed by atoms with Crippen LogP contribution >= 0.6 is 0 Å². The quantitative estimate of drug-likeness (QED) is 0.771. The number of nitrogens with zero attached hydrogens (tertiary/aromatic N) is 2. The van der Waals surface area contributed by atoms with Gasteiger partial charge in [0.2, 0.25) is 6.79 Å². The van der Waals surface area contributed by atoms with E-state index in [0.717, 1.165) is 29.2 Å². The lowest BCUT2D eigenvalue weighted by Gasteiger charge is -2.17. The van der Waals surface area contributed by atoms with E-state index in [0.29, 0.717) is 18.0 Å². The fourth-order valence-corrected chi connectivity index (χ4v) is 3.42. The van der Waals surface area contributed by atoms with Crippen molar-refractivity contribution in [3.05, 3.63) is 72.1 Å². The molecule has 6 nitrogen and oxygen atoms in total. The molecule has 0 unspecified atom stereocenters. The summed E-state index contributed by atoms with van der Waals surface area (Å²) in [6.07, 6.45) is 2.55. The number of aromatic nitrogens is 1. The summed E-state index contributed by atoms with van der Waals surface area (Å²) in [5, 5.41) is 3.26. The first-order valence-corrected chi connectivity index (χ1v) is 8.80. The van der Waals surface area contributed by atoms with Crippen molar-refractivity contribution in [3.63, 3.8) is 0 Å². The van der Waals surface area contributed by atoms with Crippen LogP contribution in [0.5, 0.6) is 11.5 Å². The lowest BCUT2D eigenvalue weighted by Crippen LogP contribution is -2.29. The molecule has 27 heavy (non-hydrogen) atoms. The lowest BCUT2D eigenvalue weighted by molar-refractivity contribution is 0.0984. The molecule has 1 N–H and O–H groups in total. The number of anilines is 3. The van der Waals surface area contributed by atoms with Crippen molar-refractivity contribution in [2.45, 2.75) is 6.42 Å². The molecular weight excluding hydrogens is 342 g/mol. The molecule has 3 aromatic rings. The predicted octanol–water partition coefficient (Wildman–Crippen LogP) is 3.76. The van der Waals surface area contributed by atoms with Crippen LogP contribution in [0.1, 0.15) is 16.1 Å². The first-order chi connectivity index (χ1) is 13.3. The number of rotatable bonds is 3. The summed E-state index contributed by atoms with van der Waals surface area (Å²) in [6, 6.07) is 17.3. The van der Waals surface area contributed by atoms with E-state index in [9.17, 15) is 4.79 Å². The summed E-state index contributed by atoms with van der Waals surface area (Å²) in [6.45, 7) is 0.938. The van der Waals surface area contributed by atoms with E-state index >= 15 is 0 Å². The Morgan fingerprint density at radius 1 is 1.00 bits per heavy atom. The van der Waals surface area contributed by atoms with E-state index in [-0.39, 0.29) is 12.7 Å². The van der Waals surface area contributed by atoms with Crippen molar-refractivity contribution >= 4 is 23.0 Å². The van der Waals surface area contributed by atoms with Crippen LogP contribution < -0.4 is 19.7 Å². The number of fused-ring (bicyclic) bond motifs is 2. The monoisotopic (exact) mass is 359 g/mol.